The maximum atomic E-state index is 12.7. The van der Waals surface area contributed by atoms with E-state index < -0.39 is 23.4 Å². The number of ether oxygens (including phenoxy) is 1. The summed E-state index contributed by atoms with van der Waals surface area (Å²) < 4.78 is 4.62. The van der Waals surface area contributed by atoms with E-state index in [1.807, 2.05) is 0 Å². The molecule has 2 aromatic rings. The van der Waals surface area contributed by atoms with Crippen LogP contribution in [0.3, 0.4) is 0 Å². The van der Waals surface area contributed by atoms with Crippen molar-refractivity contribution in [2.75, 3.05) is 7.11 Å². The summed E-state index contributed by atoms with van der Waals surface area (Å²) >= 11 is 0. The molecule has 0 spiro atoms. The van der Waals surface area contributed by atoms with Gasteiger partial charge in [-0.25, -0.2) is 14.4 Å². The van der Waals surface area contributed by atoms with Gasteiger partial charge in [-0.1, -0.05) is 18.2 Å². The third-order valence-corrected chi connectivity index (χ3v) is 3.25. The van der Waals surface area contributed by atoms with E-state index in [1.165, 1.54) is 31.4 Å². The van der Waals surface area contributed by atoms with Gasteiger partial charge in [0.25, 0.3) is 0 Å². The molecule has 142 valence electrons. The molecule has 27 heavy (non-hydrogen) atoms. The lowest BCUT2D eigenvalue weighted by atomic mass is 10.1. The van der Waals surface area contributed by atoms with Crippen LogP contribution in [0.4, 0.5) is 0 Å². The van der Waals surface area contributed by atoms with Crippen molar-refractivity contribution in [3.8, 4) is 0 Å². The number of carbonyl (C=O) groups is 3. The summed E-state index contributed by atoms with van der Waals surface area (Å²) in [6, 6.07) is 14.0. The molecule has 0 atom stereocenters. The van der Waals surface area contributed by atoms with Crippen LogP contribution >= 0.6 is 0 Å². The van der Waals surface area contributed by atoms with Crippen molar-refractivity contribution in [1.29, 1.82) is 0 Å². The highest BCUT2D eigenvalue weighted by molar-refractivity contribution is 5.96. The molecule has 2 rings (SSSR count). The highest BCUT2D eigenvalue weighted by atomic mass is 17.0. The number of esters is 1. The molecule has 1 amide bonds. The number of carbonyl (C=O) groups excluding carboxylic acids is 3. The van der Waals surface area contributed by atoms with Crippen molar-refractivity contribution in [2.45, 2.75) is 26.4 Å². The highest BCUT2D eigenvalue weighted by Crippen LogP contribution is 2.17. The molecular weight excluding hydrogens is 350 g/mol. The minimum Gasteiger partial charge on any atom is -0.465 e. The number of benzene rings is 2. The standard InChI is InChI=1S/C20H21NO6/c1-20(2,3)27-21(26-19(24)15-8-6-5-7-9-15)17(22)14-10-12-16(13-11-14)18(23)25-4/h5-13H,1-4H3. The lowest BCUT2D eigenvalue weighted by Gasteiger charge is -2.27. The average Bonchev–Trinajstić information content (AvgIpc) is 2.66. The van der Waals surface area contributed by atoms with Gasteiger partial charge in [-0.05, 0) is 62.4 Å². The van der Waals surface area contributed by atoms with Gasteiger partial charge in [0.1, 0.15) is 0 Å². The summed E-state index contributed by atoms with van der Waals surface area (Å²) in [5, 5.41) is 0.558. The van der Waals surface area contributed by atoms with Gasteiger partial charge in [-0.3, -0.25) is 4.79 Å². The third kappa shape index (κ3) is 5.65. The van der Waals surface area contributed by atoms with Crippen molar-refractivity contribution in [3.63, 3.8) is 0 Å². The van der Waals surface area contributed by atoms with Crippen molar-refractivity contribution in [1.82, 2.24) is 5.23 Å². The second-order valence-electron chi connectivity index (χ2n) is 6.58. The van der Waals surface area contributed by atoms with E-state index in [1.54, 1.807) is 51.1 Å². The Morgan fingerprint density at radius 3 is 1.81 bits per heavy atom. The lowest BCUT2D eigenvalue weighted by molar-refractivity contribution is -0.334. The highest BCUT2D eigenvalue weighted by Gasteiger charge is 2.28. The minimum absolute atomic E-state index is 0.174. The Hall–Kier alpha value is -3.19. The lowest BCUT2D eigenvalue weighted by Crippen LogP contribution is -2.40. The monoisotopic (exact) mass is 371 g/mol. The van der Waals surface area contributed by atoms with Crippen LogP contribution in [-0.4, -0.2) is 35.8 Å². The molecule has 0 N–H and O–H groups in total. The Morgan fingerprint density at radius 1 is 0.778 bits per heavy atom. The molecule has 0 unspecified atom stereocenters. The van der Waals surface area contributed by atoms with Crippen LogP contribution in [-0.2, 0) is 14.4 Å². The molecule has 0 aliphatic heterocycles. The van der Waals surface area contributed by atoms with Gasteiger partial charge in [0.05, 0.1) is 23.8 Å². The molecular formula is C20H21NO6. The number of nitrogens with zero attached hydrogens (tertiary/aromatic N) is 1. The molecule has 7 nitrogen and oxygen atoms in total. The fraction of sp³-hybridized carbons (Fsp3) is 0.250. The van der Waals surface area contributed by atoms with Crippen molar-refractivity contribution in [3.05, 3.63) is 71.3 Å². The number of rotatable bonds is 4. The second kappa shape index (κ2) is 8.46. The zero-order valence-electron chi connectivity index (χ0n) is 15.6. The van der Waals surface area contributed by atoms with Gasteiger partial charge in [-0.2, -0.15) is 0 Å². The molecule has 0 heterocycles. The summed E-state index contributed by atoms with van der Waals surface area (Å²) in [5.74, 6) is -1.95. The predicted octanol–water partition coefficient (Wildman–Crippen LogP) is 3.42. The third-order valence-electron chi connectivity index (χ3n) is 3.25. The summed E-state index contributed by atoms with van der Waals surface area (Å²) in [6.07, 6.45) is 0. The van der Waals surface area contributed by atoms with Crippen molar-refractivity contribution < 1.29 is 28.8 Å². The minimum atomic E-state index is -0.793. The Morgan fingerprint density at radius 2 is 1.30 bits per heavy atom. The average molecular weight is 371 g/mol. The first-order valence-electron chi connectivity index (χ1n) is 8.20. The summed E-state index contributed by atoms with van der Waals surface area (Å²) in [6.45, 7) is 5.14. The van der Waals surface area contributed by atoms with Crippen LogP contribution in [0.25, 0.3) is 0 Å². The number of methoxy groups -OCH3 is 1. The van der Waals surface area contributed by atoms with Gasteiger partial charge >= 0.3 is 17.8 Å². The summed E-state index contributed by atoms with van der Waals surface area (Å²) in [4.78, 5) is 47.2. The molecule has 0 saturated carbocycles. The molecule has 0 aromatic heterocycles. The Labute approximate surface area is 157 Å². The number of hydroxylamine groups is 2. The molecule has 0 saturated heterocycles. The first kappa shape index (κ1) is 20.1. The van der Waals surface area contributed by atoms with E-state index in [4.69, 9.17) is 9.68 Å². The van der Waals surface area contributed by atoms with Gasteiger partial charge in [0.15, 0.2) is 0 Å². The maximum absolute atomic E-state index is 12.7. The van der Waals surface area contributed by atoms with E-state index in [-0.39, 0.29) is 11.1 Å². The van der Waals surface area contributed by atoms with Crippen LogP contribution in [0.2, 0.25) is 0 Å². The molecule has 0 aliphatic rings. The summed E-state index contributed by atoms with van der Waals surface area (Å²) in [7, 11) is 1.27. The van der Waals surface area contributed by atoms with Crippen LogP contribution in [0.1, 0.15) is 51.8 Å². The Bertz CT molecular complexity index is 809. The fourth-order valence-electron chi connectivity index (χ4n) is 2.02. The fourth-order valence-corrected chi connectivity index (χ4v) is 2.02. The first-order chi connectivity index (χ1) is 12.7. The molecule has 0 fully saturated rings. The number of hydrogen-bond acceptors (Lipinski definition) is 6. The number of hydrogen-bond donors (Lipinski definition) is 0. The van der Waals surface area contributed by atoms with E-state index in [0.29, 0.717) is 10.8 Å². The number of amides is 1. The molecule has 0 radical (unpaired) electrons. The quantitative estimate of drug-likeness (QED) is 0.605. The first-order valence-corrected chi connectivity index (χ1v) is 8.20. The second-order valence-corrected chi connectivity index (χ2v) is 6.58. The summed E-state index contributed by atoms with van der Waals surface area (Å²) in [5.41, 5.74) is -0.0567. The molecule has 0 bridgehead atoms. The van der Waals surface area contributed by atoms with Crippen LogP contribution in [0, 0.1) is 0 Å². The van der Waals surface area contributed by atoms with Gasteiger partial charge in [0, 0.05) is 5.56 Å². The largest absolute Gasteiger partial charge is 0.465 e. The smallest absolute Gasteiger partial charge is 0.366 e. The Kier molecular flexibility index (Phi) is 6.31. The van der Waals surface area contributed by atoms with Crippen LogP contribution < -0.4 is 0 Å². The van der Waals surface area contributed by atoms with Crippen LogP contribution in [0.15, 0.2) is 54.6 Å². The van der Waals surface area contributed by atoms with Gasteiger partial charge in [0.2, 0.25) is 0 Å². The zero-order chi connectivity index (χ0) is 20.0. The van der Waals surface area contributed by atoms with Gasteiger partial charge in [-0.15, -0.1) is 0 Å². The molecule has 2 aromatic carbocycles. The zero-order valence-corrected chi connectivity index (χ0v) is 15.6. The van der Waals surface area contributed by atoms with Crippen molar-refractivity contribution >= 4 is 17.8 Å². The van der Waals surface area contributed by atoms with Crippen molar-refractivity contribution in [2.24, 2.45) is 0 Å². The topological polar surface area (TPSA) is 82.1 Å². The maximum Gasteiger partial charge on any atom is 0.366 e. The van der Waals surface area contributed by atoms with E-state index in [9.17, 15) is 14.4 Å². The van der Waals surface area contributed by atoms with Gasteiger partial charge < -0.3 is 9.57 Å². The Balaban J connectivity index is 2.23. The SMILES string of the molecule is COC(=O)c1ccc(C(=O)N(OC(=O)c2ccccc2)OC(C)(C)C)cc1. The van der Waals surface area contributed by atoms with E-state index >= 15 is 0 Å². The molecule has 0 aliphatic carbocycles. The molecule has 7 heteroatoms. The van der Waals surface area contributed by atoms with E-state index in [0.717, 1.165) is 0 Å². The van der Waals surface area contributed by atoms with Crippen LogP contribution in [0.5, 0.6) is 0 Å². The van der Waals surface area contributed by atoms with E-state index in [2.05, 4.69) is 4.74 Å². The predicted molar refractivity (Wildman–Crippen MR) is 96.6 cm³/mol. The normalized spacial score (nSPS) is 10.8.